The van der Waals surface area contributed by atoms with Gasteiger partial charge in [0.05, 0.1) is 0 Å². The minimum atomic E-state index is 0.224. The Labute approximate surface area is 99.4 Å². The molecule has 2 atom stereocenters. The Morgan fingerprint density at radius 3 is 2.88 bits per heavy atom. The second-order valence-electron chi connectivity index (χ2n) is 4.80. The molecular formula is C13H26N2O. The van der Waals surface area contributed by atoms with E-state index in [1.54, 1.807) is 0 Å². The monoisotopic (exact) mass is 226 g/mol. The Bertz CT molecular complexity index is 200. The fourth-order valence-electron chi connectivity index (χ4n) is 2.27. The second-order valence-corrected chi connectivity index (χ2v) is 4.80. The Balaban J connectivity index is 2.29. The number of hydrogen-bond acceptors (Lipinski definition) is 2. The standard InChI is InChI=1S/C13H26N2O/c1-3-5-7-11(4-2)13(16)15-12-8-6-9-14-10-12/h11-12,14H,3-10H2,1-2H3,(H,15,16)/t11?,12-/m0/s1. The van der Waals surface area contributed by atoms with E-state index in [9.17, 15) is 4.79 Å². The summed E-state index contributed by atoms with van der Waals surface area (Å²) >= 11 is 0. The predicted octanol–water partition coefficient (Wildman–Crippen LogP) is 2.07. The summed E-state index contributed by atoms with van der Waals surface area (Å²) in [5, 5.41) is 6.50. The van der Waals surface area contributed by atoms with Crippen molar-refractivity contribution in [2.45, 2.75) is 58.4 Å². The highest BCUT2D eigenvalue weighted by atomic mass is 16.1. The zero-order chi connectivity index (χ0) is 11.8. The SMILES string of the molecule is CCCCC(CC)C(=O)N[C@H]1CCCNC1. The first-order valence-electron chi connectivity index (χ1n) is 6.79. The molecule has 1 rings (SSSR count). The highest BCUT2D eigenvalue weighted by molar-refractivity contribution is 5.78. The van der Waals surface area contributed by atoms with Crippen LogP contribution in [0.3, 0.4) is 0 Å². The normalized spacial score (nSPS) is 22.8. The smallest absolute Gasteiger partial charge is 0.223 e. The van der Waals surface area contributed by atoms with Gasteiger partial charge in [0.25, 0.3) is 0 Å². The molecule has 1 aliphatic rings. The van der Waals surface area contributed by atoms with Crippen molar-refractivity contribution in [1.82, 2.24) is 10.6 Å². The van der Waals surface area contributed by atoms with Gasteiger partial charge in [0.15, 0.2) is 0 Å². The lowest BCUT2D eigenvalue weighted by Crippen LogP contribution is -2.47. The van der Waals surface area contributed by atoms with E-state index >= 15 is 0 Å². The van der Waals surface area contributed by atoms with Crippen molar-refractivity contribution in [3.63, 3.8) is 0 Å². The lowest BCUT2D eigenvalue weighted by atomic mass is 9.97. The van der Waals surface area contributed by atoms with Crippen molar-refractivity contribution >= 4 is 5.91 Å². The molecule has 3 heteroatoms. The molecule has 0 saturated carbocycles. The number of unbranched alkanes of at least 4 members (excludes halogenated alkanes) is 1. The molecule has 0 aromatic carbocycles. The molecule has 1 amide bonds. The summed E-state index contributed by atoms with van der Waals surface area (Å²) in [5.41, 5.74) is 0. The van der Waals surface area contributed by atoms with E-state index in [0.717, 1.165) is 38.8 Å². The lowest BCUT2D eigenvalue weighted by molar-refractivity contribution is -0.126. The maximum atomic E-state index is 12.0. The fraction of sp³-hybridized carbons (Fsp3) is 0.923. The molecule has 0 aliphatic carbocycles. The average molecular weight is 226 g/mol. The maximum Gasteiger partial charge on any atom is 0.223 e. The van der Waals surface area contributed by atoms with Crippen LogP contribution < -0.4 is 10.6 Å². The number of piperidine rings is 1. The van der Waals surface area contributed by atoms with Crippen molar-refractivity contribution < 1.29 is 4.79 Å². The first kappa shape index (κ1) is 13.5. The van der Waals surface area contributed by atoms with Crippen LogP contribution in [0.4, 0.5) is 0 Å². The Morgan fingerprint density at radius 1 is 1.50 bits per heavy atom. The minimum absolute atomic E-state index is 0.224. The van der Waals surface area contributed by atoms with E-state index in [1.807, 2.05) is 0 Å². The molecular weight excluding hydrogens is 200 g/mol. The minimum Gasteiger partial charge on any atom is -0.352 e. The van der Waals surface area contributed by atoms with Crippen LogP contribution >= 0.6 is 0 Å². The number of amides is 1. The fourth-order valence-corrected chi connectivity index (χ4v) is 2.27. The van der Waals surface area contributed by atoms with Crippen LogP contribution in [-0.2, 0) is 4.79 Å². The summed E-state index contributed by atoms with van der Waals surface area (Å²) < 4.78 is 0. The van der Waals surface area contributed by atoms with E-state index < -0.39 is 0 Å². The van der Waals surface area contributed by atoms with Gasteiger partial charge in [0, 0.05) is 18.5 Å². The van der Waals surface area contributed by atoms with E-state index in [0.29, 0.717) is 6.04 Å². The molecule has 1 unspecified atom stereocenters. The van der Waals surface area contributed by atoms with E-state index in [-0.39, 0.29) is 11.8 Å². The number of rotatable bonds is 6. The number of carbonyl (C=O) groups excluding carboxylic acids is 1. The second kappa shape index (κ2) is 7.66. The molecule has 0 bridgehead atoms. The Kier molecular flexibility index (Phi) is 6.46. The van der Waals surface area contributed by atoms with Crippen LogP contribution in [0.2, 0.25) is 0 Å². The van der Waals surface area contributed by atoms with Crippen molar-refractivity contribution in [3.8, 4) is 0 Å². The van der Waals surface area contributed by atoms with Gasteiger partial charge in [-0.2, -0.15) is 0 Å². The molecule has 2 N–H and O–H groups in total. The van der Waals surface area contributed by atoms with Crippen LogP contribution in [0.25, 0.3) is 0 Å². The summed E-state index contributed by atoms with van der Waals surface area (Å²) in [6.07, 6.45) is 6.65. The van der Waals surface area contributed by atoms with Gasteiger partial charge in [0.1, 0.15) is 0 Å². The first-order valence-corrected chi connectivity index (χ1v) is 6.79. The highest BCUT2D eigenvalue weighted by Crippen LogP contribution is 2.13. The Hall–Kier alpha value is -0.570. The topological polar surface area (TPSA) is 41.1 Å². The van der Waals surface area contributed by atoms with E-state index in [1.165, 1.54) is 12.8 Å². The summed E-state index contributed by atoms with van der Waals surface area (Å²) in [5.74, 6) is 0.492. The van der Waals surface area contributed by atoms with Crippen molar-refractivity contribution in [2.24, 2.45) is 5.92 Å². The third-order valence-corrected chi connectivity index (χ3v) is 3.41. The average Bonchev–Trinajstić information content (AvgIpc) is 2.31. The van der Waals surface area contributed by atoms with Gasteiger partial charge in [0.2, 0.25) is 5.91 Å². The van der Waals surface area contributed by atoms with Gasteiger partial charge in [-0.15, -0.1) is 0 Å². The molecule has 0 spiro atoms. The molecule has 0 radical (unpaired) electrons. The van der Waals surface area contributed by atoms with Crippen LogP contribution in [0, 0.1) is 5.92 Å². The molecule has 1 aliphatic heterocycles. The first-order chi connectivity index (χ1) is 7.77. The number of nitrogens with one attached hydrogen (secondary N) is 2. The molecule has 1 saturated heterocycles. The summed E-state index contributed by atoms with van der Waals surface area (Å²) in [4.78, 5) is 12.0. The molecule has 1 heterocycles. The van der Waals surface area contributed by atoms with Gasteiger partial charge in [-0.1, -0.05) is 26.7 Å². The molecule has 3 nitrogen and oxygen atoms in total. The summed E-state index contributed by atoms with van der Waals surface area (Å²) in [7, 11) is 0. The summed E-state index contributed by atoms with van der Waals surface area (Å²) in [6, 6.07) is 0.358. The van der Waals surface area contributed by atoms with Crippen molar-refractivity contribution in [1.29, 1.82) is 0 Å². The third-order valence-electron chi connectivity index (χ3n) is 3.41. The van der Waals surface area contributed by atoms with Crippen LogP contribution in [0.15, 0.2) is 0 Å². The van der Waals surface area contributed by atoms with Gasteiger partial charge >= 0.3 is 0 Å². The zero-order valence-corrected chi connectivity index (χ0v) is 10.7. The van der Waals surface area contributed by atoms with Crippen LogP contribution in [-0.4, -0.2) is 25.0 Å². The largest absolute Gasteiger partial charge is 0.352 e. The van der Waals surface area contributed by atoms with Gasteiger partial charge in [-0.3, -0.25) is 4.79 Å². The Morgan fingerprint density at radius 2 is 2.31 bits per heavy atom. The quantitative estimate of drug-likeness (QED) is 0.728. The molecule has 94 valence electrons. The van der Waals surface area contributed by atoms with E-state index in [4.69, 9.17) is 0 Å². The molecule has 0 aromatic rings. The predicted molar refractivity (Wildman–Crippen MR) is 67.3 cm³/mol. The third kappa shape index (κ3) is 4.52. The number of carbonyl (C=O) groups is 1. The van der Waals surface area contributed by atoms with Crippen molar-refractivity contribution in [3.05, 3.63) is 0 Å². The van der Waals surface area contributed by atoms with E-state index in [2.05, 4.69) is 24.5 Å². The lowest BCUT2D eigenvalue weighted by Gasteiger charge is -2.26. The summed E-state index contributed by atoms with van der Waals surface area (Å²) in [6.45, 7) is 6.32. The van der Waals surface area contributed by atoms with Crippen LogP contribution in [0.5, 0.6) is 0 Å². The van der Waals surface area contributed by atoms with Crippen molar-refractivity contribution in [2.75, 3.05) is 13.1 Å². The van der Waals surface area contributed by atoms with Gasteiger partial charge in [-0.05, 0) is 32.2 Å². The zero-order valence-electron chi connectivity index (χ0n) is 10.7. The molecule has 16 heavy (non-hydrogen) atoms. The maximum absolute atomic E-state index is 12.0. The molecule has 1 fully saturated rings. The molecule has 0 aromatic heterocycles. The van der Waals surface area contributed by atoms with Gasteiger partial charge in [-0.25, -0.2) is 0 Å². The van der Waals surface area contributed by atoms with Crippen LogP contribution in [0.1, 0.15) is 52.4 Å². The highest BCUT2D eigenvalue weighted by Gasteiger charge is 2.20. The number of hydrogen-bond donors (Lipinski definition) is 2. The van der Waals surface area contributed by atoms with Gasteiger partial charge < -0.3 is 10.6 Å².